The highest BCUT2D eigenvalue weighted by Crippen LogP contribution is 2.21. The molecular formula is C17H14BrN3OS. The highest BCUT2D eigenvalue weighted by atomic mass is 79.9. The second-order valence-corrected chi connectivity index (χ2v) is 6.65. The first-order valence-electron chi connectivity index (χ1n) is 6.92. The molecule has 6 heteroatoms. The zero-order chi connectivity index (χ0) is 16.2. The number of aromatic nitrogens is 2. The largest absolute Gasteiger partial charge is 0.321 e. The van der Waals surface area contributed by atoms with Gasteiger partial charge in [-0.15, -0.1) is 11.8 Å². The molecule has 1 aromatic heterocycles. The molecule has 0 radical (unpaired) electrons. The lowest BCUT2D eigenvalue weighted by atomic mass is 10.1. The van der Waals surface area contributed by atoms with E-state index in [2.05, 4.69) is 31.4 Å². The Bertz CT molecular complexity index is 813. The van der Waals surface area contributed by atoms with Crippen molar-refractivity contribution in [3.63, 3.8) is 0 Å². The van der Waals surface area contributed by atoms with E-state index in [9.17, 15) is 4.79 Å². The van der Waals surface area contributed by atoms with Crippen molar-refractivity contribution in [2.45, 2.75) is 4.90 Å². The lowest BCUT2D eigenvalue weighted by Gasteiger charge is -2.04. The Kier molecular flexibility index (Phi) is 4.83. The fourth-order valence-electron chi connectivity index (χ4n) is 2.08. The minimum absolute atomic E-state index is 0.210. The van der Waals surface area contributed by atoms with Gasteiger partial charge in [0.05, 0.1) is 5.69 Å². The van der Waals surface area contributed by atoms with Crippen LogP contribution < -0.4 is 5.32 Å². The van der Waals surface area contributed by atoms with Gasteiger partial charge < -0.3 is 5.32 Å². The van der Waals surface area contributed by atoms with Crippen molar-refractivity contribution in [1.82, 2.24) is 10.2 Å². The number of nitrogens with zero attached hydrogens (tertiary/aromatic N) is 1. The number of benzene rings is 2. The lowest BCUT2D eigenvalue weighted by molar-refractivity contribution is 0.102. The maximum absolute atomic E-state index is 12.3. The number of thioether (sulfide) groups is 1. The maximum Gasteiger partial charge on any atom is 0.273 e. The van der Waals surface area contributed by atoms with Crippen molar-refractivity contribution >= 4 is 39.3 Å². The molecular weight excluding hydrogens is 374 g/mol. The molecule has 0 bridgehead atoms. The van der Waals surface area contributed by atoms with Crippen LogP contribution in [0.3, 0.4) is 0 Å². The quantitative estimate of drug-likeness (QED) is 0.631. The summed E-state index contributed by atoms with van der Waals surface area (Å²) >= 11 is 5.06. The summed E-state index contributed by atoms with van der Waals surface area (Å²) in [7, 11) is 0. The summed E-state index contributed by atoms with van der Waals surface area (Å²) in [5, 5.41) is 9.84. The SMILES string of the molecule is CSc1ccc(NC(=O)c2cc(-c3ccc(Br)cc3)n[nH]2)cc1. The molecule has 0 saturated carbocycles. The van der Waals surface area contributed by atoms with Crippen LogP contribution >= 0.6 is 27.7 Å². The van der Waals surface area contributed by atoms with Gasteiger partial charge in [0.25, 0.3) is 5.91 Å². The van der Waals surface area contributed by atoms with E-state index in [4.69, 9.17) is 0 Å². The van der Waals surface area contributed by atoms with Gasteiger partial charge in [0.1, 0.15) is 5.69 Å². The fourth-order valence-corrected chi connectivity index (χ4v) is 2.75. The number of carbonyl (C=O) groups excluding carboxylic acids is 1. The number of halogens is 1. The third-order valence-electron chi connectivity index (χ3n) is 3.31. The minimum Gasteiger partial charge on any atom is -0.321 e. The first-order chi connectivity index (χ1) is 11.2. The lowest BCUT2D eigenvalue weighted by Crippen LogP contribution is -2.12. The van der Waals surface area contributed by atoms with Crippen LogP contribution in [0.1, 0.15) is 10.5 Å². The van der Waals surface area contributed by atoms with Gasteiger partial charge in [0, 0.05) is 20.6 Å². The van der Waals surface area contributed by atoms with Crippen LogP contribution in [-0.2, 0) is 0 Å². The molecule has 0 aliphatic carbocycles. The summed E-state index contributed by atoms with van der Waals surface area (Å²) in [5.41, 5.74) is 2.87. The van der Waals surface area contributed by atoms with E-state index in [1.807, 2.05) is 54.8 Å². The van der Waals surface area contributed by atoms with E-state index >= 15 is 0 Å². The van der Waals surface area contributed by atoms with Crippen molar-refractivity contribution in [2.24, 2.45) is 0 Å². The molecule has 0 aliphatic heterocycles. The molecule has 0 atom stereocenters. The van der Waals surface area contributed by atoms with Crippen molar-refractivity contribution in [2.75, 3.05) is 11.6 Å². The predicted octanol–water partition coefficient (Wildman–Crippen LogP) is 4.81. The molecule has 1 amide bonds. The summed E-state index contributed by atoms with van der Waals surface area (Å²) in [6.07, 6.45) is 2.02. The van der Waals surface area contributed by atoms with Crippen LogP contribution in [0.5, 0.6) is 0 Å². The van der Waals surface area contributed by atoms with Crippen LogP contribution in [0, 0.1) is 0 Å². The first-order valence-corrected chi connectivity index (χ1v) is 8.94. The number of hydrogen-bond acceptors (Lipinski definition) is 3. The molecule has 0 unspecified atom stereocenters. The van der Waals surface area contributed by atoms with Gasteiger partial charge in [-0.3, -0.25) is 9.89 Å². The van der Waals surface area contributed by atoms with Gasteiger partial charge in [-0.2, -0.15) is 5.10 Å². The Morgan fingerprint density at radius 2 is 1.83 bits per heavy atom. The third-order valence-corrected chi connectivity index (χ3v) is 4.58. The number of nitrogens with one attached hydrogen (secondary N) is 2. The summed E-state index contributed by atoms with van der Waals surface area (Å²) in [4.78, 5) is 13.4. The summed E-state index contributed by atoms with van der Waals surface area (Å²) in [6.45, 7) is 0. The van der Waals surface area contributed by atoms with Gasteiger partial charge in [-0.25, -0.2) is 0 Å². The van der Waals surface area contributed by atoms with Gasteiger partial charge >= 0.3 is 0 Å². The molecule has 3 aromatic rings. The van der Waals surface area contributed by atoms with E-state index in [1.165, 1.54) is 0 Å². The molecule has 23 heavy (non-hydrogen) atoms. The highest BCUT2D eigenvalue weighted by Gasteiger charge is 2.11. The van der Waals surface area contributed by atoms with Gasteiger partial charge in [0.15, 0.2) is 0 Å². The number of hydrogen-bond donors (Lipinski definition) is 2. The third kappa shape index (κ3) is 3.83. The summed E-state index contributed by atoms with van der Waals surface area (Å²) in [6, 6.07) is 17.2. The Hall–Kier alpha value is -2.05. The van der Waals surface area contributed by atoms with Crippen LogP contribution in [0.25, 0.3) is 11.3 Å². The topological polar surface area (TPSA) is 57.8 Å². The van der Waals surface area contributed by atoms with Gasteiger partial charge in [-0.1, -0.05) is 28.1 Å². The number of carbonyl (C=O) groups is 1. The number of H-pyrrole nitrogens is 1. The molecule has 4 nitrogen and oxygen atoms in total. The zero-order valence-corrected chi connectivity index (χ0v) is 14.7. The molecule has 0 spiro atoms. The summed E-state index contributed by atoms with van der Waals surface area (Å²) < 4.78 is 1.00. The Morgan fingerprint density at radius 1 is 1.13 bits per heavy atom. The fraction of sp³-hybridized carbons (Fsp3) is 0.0588. The Morgan fingerprint density at radius 3 is 2.48 bits per heavy atom. The van der Waals surface area contributed by atoms with Gasteiger partial charge in [0.2, 0.25) is 0 Å². The normalized spacial score (nSPS) is 10.5. The smallest absolute Gasteiger partial charge is 0.273 e. The van der Waals surface area contributed by atoms with Crippen LogP contribution in [0.2, 0.25) is 0 Å². The number of rotatable bonds is 4. The van der Waals surface area contributed by atoms with E-state index in [0.717, 1.165) is 26.3 Å². The predicted molar refractivity (Wildman–Crippen MR) is 97.9 cm³/mol. The Balaban J connectivity index is 1.74. The first kappa shape index (κ1) is 15.8. The van der Waals surface area contributed by atoms with Gasteiger partial charge in [-0.05, 0) is 48.7 Å². The number of aromatic amines is 1. The number of amides is 1. The molecule has 3 rings (SSSR count). The molecule has 0 fully saturated rings. The zero-order valence-electron chi connectivity index (χ0n) is 12.3. The van der Waals surface area contributed by atoms with Crippen LogP contribution in [-0.4, -0.2) is 22.4 Å². The Labute approximate surface area is 146 Å². The van der Waals surface area contributed by atoms with Crippen molar-refractivity contribution < 1.29 is 4.79 Å². The molecule has 2 aromatic carbocycles. The van der Waals surface area contributed by atoms with E-state index in [0.29, 0.717) is 5.69 Å². The monoisotopic (exact) mass is 387 g/mol. The average Bonchev–Trinajstić information content (AvgIpc) is 3.06. The van der Waals surface area contributed by atoms with Crippen LogP contribution in [0.15, 0.2) is 64.0 Å². The van der Waals surface area contributed by atoms with E-state index in [-0.39, 0.29) is 5.91 Å². The number of anilines is 1. The second kappa shape index (κ2) is 7.02. The van der Waals surface area contributed by atoms with Crippen molar-refractivity contribution in [3.8, 4) is 11.3 Å². The maximum atomic E-state index is 12.3. The van der Waals surface area contributed by atoms with E-state index in [1.54, 1.807) is 17.8 Å². The van der Waals surface area contributed by atoms with Crippen LogP contribution in [0.4, 0.5) is 5.69 Å². The summed E-state index contributed by atoms with van der Waals surface area (Å²) in [5.74, 6) is -0.210. The average molecular weight is 388 g/mol. The van der Waals surface area contributed by atoms with Crippen molar-refractivity contribution in [1.29, 1.82) is 0 Å². The molecule has 116 valence electrons. The molecule has 2 N–H and O–H groups in total. The molecule has 1 heterocycles. The minimum atomic E-state index is -0.210. The second-order valence-electron chi connectivity index (χ2n) is 4.86. The molecule has 0 aliphatic rings. The van der Waals surface area contributed by atoms with E-state index < -0.39 is 0 Å². The van der Waals surface area contributed by atoms with Crippen molar-refractivity contribution in [3.05, 3.63) is 64.8 Å². The highest BCUT2D eigenvalue weighted by molar-refractivity contribution is 9.10. The molecule has 0 saturated heterocycles. The standard InChI is InChI=1S/C17H14BrN3OS/c1-23-14-8-6-13(7-9-14)19-17(22)16-10-15(20-21-16)11-2-4-12(18)5-3-11/h2-10H,1H3,(H,19,22)(H,20,21).